The van der Waals surface area contributed by atoms with Gasteiger partial charge in [-0.3, -0.25) is 4.98 Å². The summed E-state index contributed by atoms with van der Waals surface area (Å²) in [6, 6.07) is 2.11. The van der Waals surface area contributed by atoms with E-state index in [0.29, 0.717) is 5.65 Å². The molecule has 0 spiro atoms. The van der Waals surface area contributed by atoms with E-state index in [1.54, 1.807) is 28.2 Å². The van der Waals surface area contributed by atoms with Gasteiger partial charge in [-0.25, -0.2) is 0 Å². The zero-order valence-electron chi connectivity index (χ0n) is 9.16. The molecule has 17 heavy (non-hydrogen) atoms. The number of fused-ring (bicyclic) bond motifs is 1. The highest BCUT2D eigenvalue weighted by atomic mass is 32.1. The molecule has 3 aromatic heterocycles. The number of aromatic nitrogens is 5. The van der Waals surface area contributed by atoms with Gasteiger partial charge in [0.25, 0.3) is 0 Å². The Kier molecular flexibility index (Phi) is 2.45. The topological polar surface area (TPSA) is 68.0 Å². The van der Waals surface area contributed by atoms with E-state index in [1.165, 1.54) is 10.4 Å². The largest absolute Gasteiger partial charge is 0.364 e. The second-order valence-electron chi connectivity index (χ2n) is 3.62. The normalized spacial score (nSPS) is 10.9. The highest BCUT2D eigenvalue weighted by Gasteiger charge is 2.04. The van der Waals surface area contributed by atoms with Crippen LogP contribution >= 0.6 is 11.3 Å². The van der Waals surface area contributed by atoms with Crippen molar-refractivity contribution in [2.45, 2.75) is 13.5 Å². The van der Waals surface area contributed by atoms with Crippen LogP contribution in [0.15, 0.2) is 23.8 Å². The van der Waals surface area contributed by atoms with Gasteiger partial charge < -0.3 is 5.32 Å². The molecule has 0 radical (unpaired) electrons. The Balaban J connectivity index is 1.86. The van der Waals surface area contributed by atoms with Gasteiger partial charge in [-0.05, 0) is 34.4 Å². The molecule has 0 aliphatic carbocycles. The fourth-order valence-electron chi connectivity index (χ4n) is 1.55. The van der Waals surface area contributed by atoms with Gasteiger partial charge in [0.05, 0.1) is 18.9 Å². The van der Waals surface area contributed by atoms with Crippen LogP contribution in [0, 0.1) is 6.92 Å². The third kappa shape index (κ3) is 1.84. The second-order valence-corrected chi connectivity index (χ2v) is 4.62. The molecule has 7 heteroatoms. The van der Waals surface area contributed by atoms with Crippen LogP contribution < -0.4 is 5.32 Å². The van der Waals surface area contributed by atoms with Crippen molar-refractivity contribution in [3.05, 3.63) is 34.3 Å². The molecule has 0 saturated carbocycles. The molecule has 0 aliphatic heterocycles. The van der Waals surface area contributed by atoms with Gasteiger partial charge in [-0.2, -0.15) is 4.52 Å². The first-order valence-electron chi connectivity index (χ1n) is 5.13. The van der Waals surface area contributed by atoms with Crippen LogP contribution in [-0.2, 0) is 6.54 Å². The first kappa shape index (κ1) is 10.2. The lowest BCUT2D eigenvalue weighted by Crippen LogP contribution is -2.05. The van der Waals surface area contributed by atoms with Gasteiger partial charge in [-0.1, -0.05) is 0 Å². The molecule has 86 valence electrons. The highest BCUT2D eigenvalue weighted by molar-refractivity contribution is 7.10. The summed E-state index contributed by atoms with van der Waals surface area (Å²) in [6.45, 7) is 2.85. The van der Waals surface area contributed by atoms with Gasteiger partial charge >= 0.3 is 0 Å². The number of thiophene rings is 1. The third-order valence-electron chi connectivity index (χ3n) is 2.51. The van der Waals surface area contributed by atoms with Crippen LogP contribution in [-0.4, -0.2) is 25.0 Å². The van der Waals surface area contributed by atoms with Gasteiger partial charge in [0.2, 0.25) is 0 Å². The van der Waals surface area contributed by atoms with E-state index in [9.17, 15) is 0 Å². The van der Waals surface area contributed by atoms with Gasteiger partial charge in [0.15, 0.2) is 11.5 Å². The minimum atomic E-state index is 0.637. The van der Waals surface area contributed by atoms with E-state index in [4.69, 9.17) is 0 Å². The minimum absolute atomic E-state index is 0.637. The van der Waals surface area contributed by atoms with Crippen LogP contribution in [0.2, 0.25) is 0 Å². The zero-order chi connectivity index (χ0) is 11.7. The number of tetrazole rings is 1. The Hall–Kier alpha value is -2.02. The van der Waals surface area contributed by atoms with E-state index < -0.39 is 0 Å². The van der Waals surface area contributed by atoms with Crippen LogP contribution in [0.4, 0.5) is 5.82 Å². The molecule has 6 nitrogen and oxygen atoms in total. The van der Waals surface area contributed by atoms with Crippen LogP contribution in [0.1, 0.15) is 10.4 Å². The predicted octanol–water partition coefficient (Wildman–Crippen LogP) is 1.50. The molecular weight excluding hydrogens is 236 g/mol. The summed E-state index contributed by atoms with van der Waals surface area (Å²) in [4.78, 5) is 5.39. The molecule has 3 heterocycles. The molecule has 0 saturated heterocycles. The van der Waals surface area contributed by atoms with Gasteiger partial charge in [0.1, 0.15) is 0 Å². The summed E-state index contributed by atoms with van der Waals surface area (Å²) in [5, 5.41) is 16.7. The van der Waals surface area contributed by atoms with E-state index in [-0.39, 0.29) is 0 Å². The quantitative estimate of drug-likeness (QED) is 0.758. The molecule has 3 aromatic rings. The first-order chi connectivity index (χ1) is 8.34. The van der Waals surface area contributed by atoms with Crippen molar-refractivity contribution in [1.29, 1.82) is 0 Å². The number of anilines is 1. The smallest absolute Gasteiger partial charge is 0.199 e. The minimum Gasteiger partial charge on any atom is -0.364 e. The van der Waals surface area contributed by atoms with E-state index in [0.717, 1.165) is 12.4 Å². The number of hydrogen-bond donors (Lipinski definition) is 1. The fraction of sp³-hybridized carbons (Fsp3) is 0.200. The molecule has 0 atom stereocenters. The molecule has 0 bridgehead atoms. The lowest BCUT2D eigenvalue weighted by Gasteiger charge is -2.05. The van der Waals surface area contributed by atoms with Crippen LogP contribution in [0.5, 0.6) is 0 Å². The van der Waals surface area contributed by atoms with Crippen molar-refractivity contribution < 1.29 is 0 Å². The average Bonchev–Trinajstić information content (AvgIpc) is 2.95. The van der Waals surface area contributed by atoms with Crippen molar-refractivity contribution in [3.8, 4) is 0 Å². The van der Waals surface area contributed by atoms with Crippen molar-refractivity contribution in [1.82, 2.24) is 25.0 Å². The molecule has 0 amide bonds. The number of aryl methyl sites for hydroxylation is 1. The summed E-state index contributed by atoms with van der Waals surface area (Å²) >= 11 is 1.73. The summed E-state index contributed by atoms with van der Waals surface area (Å²) in [5.74, 6) is 0.792. The monoisotopic (exact) mass is 246 g/mol. The zero-order valence-corrected chi connectivity index (χ0v) is 9.98. The van der Waals surface area contributed by atoms with Crippen molar-refractivity contribution in [2.24, 2.45) is 0 Å². The lowest BCUT2D eigenvalue weighted by molar-refractivity contribution is 0.820. The highest BCUT2D eigenvalue weighted by Crippen LogP contribution is 2.17. The number of nitrogens with zero attached hydrogens (tertiary/aromatic N) is 5. The lowest BCUT2D eigenvalue weighted by atomic mass is 10.3. The molecule has 0 unspecified atom stereocenters. The Morgan fingerprint density at radius 2 is 2.35 bits per heavy atom. The van der Waals surface area contributed by atoms with Crippen molar-refractivity contribution in [3.63, 3.8) is 0 Å². The molecule has 3 rings (SSSR count). The SMILES string of the molecule is Cc1ccsc1CNc1cncc2nnnn12. The maximum atomic E-state index is 4.08. The molecular formula is C10H10N6S. The summed E-state index contributed by atoms with van der Waals surface area (Å²) in [6.07, 6.45) is 3.34. The predicted molar refractivity (Wildman–Crippen MR) is 65.0 cm³/mol. The summed E-state index contributed by atoms with van der Waals surface area (Å²) < 4.78 is 1.63. The van der Waals surface area contributed by atoms with Crippen LogP contribution in [0.3, 0.4) is 0 Å². The molecule has 1 N–H and O–H groups in total. The Morgan fingerprint density at radius 1 is 1.41 bits per heavy atom. The van der Waals surface area contributed by atoms with Gasteiger partial charge in [-0.15, -0.1) is 16.4 Å². The summed E-state index contributed by atoms with van der Waals surface area (Å²) in [5.41, 5.74) is 1.93. The van der Waals surface area contributed by atoms with E-state index >= 15 is 0 Å². The maximum Gasteiger partial charge on any atom is 0.199 e. The average molecular weight is 246 g/mol. The fourth-order valence-corrected chi connectivity index (χ4v) is 2.40. The van der Waals surface area contributed by atoms with E-state index in [2.05, 4.69) is 44.2 Å². The van der Waals surface area contributed by atoms with Crippen molar-refractivity contribution >= 4 is 22.8 Å². The second kappa shape index (κ2) is 4.10. The van der Waals surface area contributed by atoms with Crippen LogP contribution in [0.25, 0.3) is 5.65 Å². The Bertz CT molecular complexity index is 643. The first-order valence-corrected chi connectivity index (χ1v) is 6.01. The molecule has 0 aliphatic rings. The Morgan fingerprint density at radius 3 is 3.18 bits per heavy atom. The molecule has 0 fully saturated rings. The molecule has 0 aromatic carbocycles. The summed E-state index contributed by atoms with van der Waals surface area (Å²) in [7, 11) is 0. The van der Waals surface area contributed by atoms with E-state index in [1.807, 2.05) is 0 Å². The number of rotatable bonds is 3. The van der Waals surface area contributed by atoms with Gasteiger partial charge in [0, 0.05) is 4.88 Å². The number of nitrogens with one attached hydrogen (secondary N) is 1. The maximum absolute atomic E-state index is 4.08. The van der Waals surface area contributed by atoms with Crippen molar-refractivity contribution in [2.75, 3.05) is 5.32 Å². The third-order valence-corrected chi connectivity index (χ3v) is 3.53. The standard InChI is InChI=1S/C10H10N6S/c1-7-2-3-17-8(7)4-12-9-5-11-6-10-13-14-15-16(9)10/h2-3,5-6,12H,4H2,1H3. The Labute approximate surface area is 101 Å². The number of hydrogen-bond acceptors (Lipinski definition) is 6.